The van der Waals surface area contributed by atoms with E-state index in [9.17, 15) is 14.4 Å². The molecule has 1 aromatic heterocycles. The maximum Gasteiger partial charge on any atom is 0.344 e. The lowest BCUT2D eigenvalue weighted by Crippen LogP contribution is -2.13. The summed E-state index contributed by atoms with van der Waals surface area (Å²) in [5.41, 5.74) is 0.260. The van der Waals surface area contributed by atoms with Gasteiger partial charge in [0.25, 0.3) is 0 Å². The van der Waals surface area contributed by atoms with Gasteiger partial charge in [-0.15, -0.1) is 0 Å². The van der Waals surface area contributed by atoms with Crippen LogP contribution < -0.4 is 4.74 Å². The van der Waals surface area contributed by atoms with Crippen LogP contribution in [0.15, 0.2) is 18.2 Å². The largest absolute Gasteiger partial charge is 0.466 e. The molecule has 0 amide bonds. The van der Waals surface area contributed by atoms with Crippen LogP contribution in [0.4, 0.5) is 4.39 Å². The van der Waals surface area contributed by atoms with Gasteiger partial charge in [-0.25, -0.2) is 9.18 Å². The summed E-state index contributed by atoms with van der Waals surface area (Å²) in [6.07, 6.45) is 0. The molecule has 20 heavy (non-hydrogen) atoms. The van der Waals surface area contributed by atoms with Gasteiger partial charge in [0.15, 0.2) is 6.61 Å². The standard InChI is InChI=1S/C11H9ClFN3O4/c1-19-9(17)5-20-11-14-10(16(18)15-11)7-3-2-6(13)4-8(7)12/h2-4,18H,5H2,1H3. The Morgan fingerprint density at radius 3 is 2.95 bits per heavy atom. The number of halogens is 2. The molecule has 1 N–H and O–H groups in total. The summed E-state index contributed by atoms with van der Waals surface area (Å²) >= 11 is 5.85. The zero-order valence-electron chi connectivity index (χ0n) is 10.2. The highest BCUT2D eigenvalue weighted by Crippen LogP contribution is 2.27. The number of benzene rings is 1. The number of aromatic nitrogens is 3. The minimum absolute atomic E-state index is 0.0464. The van der Waals surface area contributed by atoms with E-state index in [1.807, 2.05) is 0 Å². The van der Waals surface area contributed by atoms with E-state index >= 15 is 0 Å². The van der Waals surface area contributed by atoms with E-state index in [1.165, 1.54) is 13.2 Å². The minimum atomic E-state index is -0.624. The average Bonchev–Trinajstić information content (AvgIpc) is 2.77. The Hall–Kier alpha value is -2.35. The summed E-state index contributed by atoms with van der Waals surface area (Å²) in [6.45, 7) is -0.406. The normalized spacial score (nSPS) is 10.3. The highest BCUT2D eigenvalue weighted by molar-refractivity contribution is 6.33. The van der Waals surface area contributed by atoms with E-state index in [-0.39, 0.29) is 22.4 Å². The fourth-order valence-corrected chi connectivity index (χ4v) is 1.62. The van der Waals surface area contributed by atoms with Gasteiger partial charge < -0.3 is 14.7 Å². The Kier molecular flexibility index (Phi) is 4.04. The monoisotopic (exact) mass is 301 g/mol. The fourth-order valence-electron chi connectivity index (χ4n) is 1.37. The van der Waals surface area contributed by atoms with Gasteiger partial charge in [-0.1, -0.05) is 21.5 Å². The van der Waals surface area contributed by atoms with E-state index in [4.69, 9.17) is 16.3 Å². The summed E-state index contributed by atoms with van der Waals surface area (Å²) in [4.78, 5) is 15.2. The van der Waals surface area contributed by atoms with E-state index < -0.39 is 18.4 Å². The van der Waals surface area contributed by atoms with E-state index in [2.05, 4.69) is 14.8 Å². The number of hydrogen-bond donors (Lipinski definition) is 1. The molecule has 9 heteroatoms. The predicted octanol–water partition coefficient (Wildman–Crippen LogP) is 1.53. The number of carbonyl (C=O) groups is 1. The summed E-state index contributed by atoms with van der Waals surface area (Å²) in [6, 6.07) is 3.32. The van der Waals surface area contributed by atoms with Crippen molar-refractivity contribution in [2.75, 3.05) is 13.7 Å². The molecule has 106 valence electrons. The number of methoxy groups -OCH3 is 1. The topological polar surface area (TPSA) is 86.5 Å². The lowest BCUT2D eigenvalue weighted by molar-refractivity contribution is -0.143. The smallest absolute Gasteiger partial charge is 0.344 e. The summed E-state index contributed by atoms with van der Waals surface area (Å²) < 4.78 is 22.2. The molecular weight excluding hydrogens is 293 g/mol. The molecule has 0 radical (unpaired) electrons. The van der Waals surface area contributed by atoms with Gasteiger partial charge in [0.05, 0.1) is 12.1 Å². The van der Waals surface area contributed by atoms with Crippen LogP contribution in [0.25, 0.3) is 11.4 Å². The molecule has 0 aliphatic carbocycles. The second-order valence-corrected chi connectivity index (χ2v) is 4.00. The maximum atomic E-state index is 13.0. The Labute approximate surface area is 117 Å². The lowest BCUT2D eigenvalue weighted by Gasteiger charge is -2.01. The SMILES string of the molecule is COC(=O)COc1nc(-c2ccc(F)cc2Cl)n(O)n1. The average molecular weight is 302 g/mol. The van der Waals surface area contributed by atoms with Gasteiger partial charge in [0.2, 0.25) is 5.82 Å². The molecule has 0 saturated carbocycles. The molecule has 1 heterocycles. The molecule has 0 atom stereocenters. The fraction of sp³-hybridized carbons (Fsp3) is 0.182. The van der Waals surface area contributed by atoms with Gasteiger partial charge in [0, 0.05) is 5.56 Å². The first-order chi connectivity index (χ1) is 9.51. The summed E-state index contributed by atoms with van der Waals surface area (Å²) in [5, 5.41) is 13.2. The number of ether oxygens (including phenoxy) is 2. The molecule has 7 nitrogen and oxygen atoms in total. The van der Waals surface area contributed by atoms with Crippen LogP contribution in [0, 0.1) is 5.82 Å². The highest BCUT2D eigenvalue weighted by Gasteiger charge is 2.16. The van der Waals surface area contributed by atoms with Crippen LogP contribution in [-0.4, -0.2) is 39.8 Å². The molecule has 0 unspecified atom stereocenters. The maximum absolute atomic E-state index is 13.0. The molecule has 0 aliphatic rings. The van der Waals surface area contributed by atoms with Crippen molar-refractivity contribution in [3.63, 3.8) is 0 Å². The number of nitrogens with zero attached hydrogens (tertiary/aromatic N) is 3. The van der Waals surface area contributed by atoms with Gasteiger partial charge in [0.1, 0.15) is 5.82 Å². The Balaban J connectivity index is 2.25. The first-order valence-corrected chi connectivity index (χ1v) is 5.70. The van der Waals surface area contributed by atoms with Crippen molar-refractivity contribution in [1.82, 2.24) is 14.9 Å². The highest BCUT2D eigenvalue weighted by atomic mass is 35.5. The van der Waals surface area contributed by atoms with Gasteiger partial charge in [-0.2, -0.15) is 4.98 Å². The first kappa shape index (κ1) is 14.1. The van der Waals surface area contributed by atoms with E-state index in [0.717, 1.165) is 12.1 Å². The Morgan fingerprint density at radius 2 is 2.30 bits per heavy atom. The molecule has 2 rings (SSSR count). The van der Waals surface area contributed by atoms with Crippen molar-refractivity contribution in [3.05, 3.63) is 29.0 Å². The first-order valence-electron chi connectivity index (χ1n) is 5.32. The van der Waals surface area contributed by atoms with Gasteiger partial charge in [-0.05, 0) is 18.2 Å². The number of carbonyl (C=O) groups excluding carboxylic acids is 1. The van der Waals surface area contributed by atoms with E-state index in [0.29, 0.717) is 4.85 Å². The molecule has 0 saturated heterocycles. The van der Waals surface area contributed by atoms with Crippen molar-refractivity contribution >= 4 is 17.6 Å². The van der Waals surface area contributed by atoms with Gasteiger partial charge in [-0.3, -0.25) is 0 Å². The molecule has 0 spiro atoms. The number of hydrogen-bond acceptors (Lipinski definition) is 6. The zero-order chi connectivity index (χ0) is 14.7. The minimum Gasteiger partial charge on any atom is -0.466 e. The second-order valence-electron chi connectivity index (χ2n) is 3.60. The van der Waals surface area contributed by atoms with Crippen molar-refractivity contribution in [1.29, 1.82) is 0 Å². The van der Waals surface area contributed by atoms with Crippen molar-refractivity contribution in [2.45, 2.75) is 0 Å². The Morgan fingerprint density at radius 1 is 1.55 bits per heavy atom. The quantitative estimate of drug-likeness (QED) is 0.681. The van der Waals surface area contributed by atoms with Crippen molar-refractivity contribution < 1.29 is 23.9 Å². The summed E-state index contributed by atoms with van der Waals surface area (Å²) in [5.74, 6) is -1.19. The van der Waals surface area contributed by atoms with Crippen LogP contribution in [-0.2, 0) is 9.53 Å². The Bertz CT molecular complexity index is 647. The third kappa shape index (κ3) is 2.97. The van der Waals surface area contributed by atoms with Crippen LogP contribution in [0.2, 0.25) is 5.02 Å². The van der Waals surface area contributed by atoms with Gasteiger partial charge >= 0.3 is 12.0 Å². The predicted molar refractivity (Wildman–Crippen MR) is 65.1 cm³/mol. The van der Waals surface area contributed by atoms with Crippen LogP contribution in [0.1, 0.15) is 0 Å². The van der Waals surface area contributed by atoms with Crippen molar-refractivity contribution in [3.8, 4) is 17.4 Å². The molecular formula is C11H9ClFN3O4. The molecule has 0 fully saturated rings. The van der Waals surface area contributed by atoms with E-state index in [1.54, 1.807) is 0 Å². The third-order valence-electron chi connectivity index (χ3n) is 2.29. The van der Waals surface area contributed by atoms with Crippen LogP contribution in [0.5, 0.6) is 6.01 Å². The third-order valence-corrected chi connectivity index (χ3v) is 2.60. The molecule has 1 aromatic carbocycles. The van der Waals surface area contributed by atoms with Crippen molar-refractivity contribution in [2.24, 2.45) is 0 Å². The summed E-state index contributed by atoms with van der Waals surface area (Å²) in [7, 11) is 1.20. The molecule has 0 bridgehead atoms. The zero-order valence-corrected chi connectivity index (χ0v) is 11.0. The lowest BCUT2D eigenvalue weighted by atomic mass is 10.2. The number of rotatable bonds is 4. The molecule has 0 aliphatic heterocycles. The van der Waals surface area contributed by atoms with Crippen LogP contribution >= 0.6 is 11.6 Å². The number of esters is 1. The second kappa shape index (κ2) is 5.74. The molecule has 2 aromatic rings. The van der Waals surface area contributed by atoms with Crippen LogP contribution in [0.3, 0.4) is 0 Å².